The molecule has 2 rings (SSSR count). The third-order valence-electron chi connectivity index (χ3n) is 3.89. The smallest absolute Gasteiger partial charge is 0.337 e. The molecular formula is C15H19NO6S. The third-order valence-corrected chi connectivity index (χ3v) is 5.74. The lowest BCUT2D eigenvalue weighted by Gasteiger charge is -2.29. The number of nitrogens with zero attached hydrogens (tertiary/aromatic N) is 1. The summed E-state index contributed by atoms with van der Waals surface area (Å²) in [6.45, 7) is 0.409. The Labute approximate surface area is 134 Å². The second kappa shape index (κ2) is 7.10. The summed E-state index contributed by atoms with van der Waals surface area (Å²) in [7, 11) is -2.28. The van der Waals surface area contributed by atoms with Gasteiger partial charge in [0.1, 0.15) is 0 Å². The Bertz CT molecular complexity index is 692. The Morgan fingerprint density at radius 2 is 1.96 bits per heavy atom. The zero-order chi connectivity index (χ0) is 17.0. The maximum atomic E-state index is 12.4. The topological polar surface area (TPSA) is 101 Å². The van der Waals surface area contributed by atoms with Gasteiger partial charge in [-0.05, 0) is 30.5 Å². The Morgan fingerprint density at radius 1 is 1.30 bits per heavy atom. The van der Waals surface area contributed by atoms with Gasteiger partial charge < -0.3 is 9.84 Å². The molecule has 1 aliphatic rings. The van der Waals surface area contributed by atoms with E-state index < -0.39 is 27.9 Å². The molecule has 0 radical (unpaired) electrons. The molecule has 0 amide bonds. The number of methoxy groups -OCH3 is 1. The molecule has 1 saturated heterocycles. The van der Waals surface area contributed by atoms with Crippen molar-refractivity contribution in [3.63, 3.8) is 0 Å². The Balaban J connectivity index is 2.07. The molecule has 0 unspecified atom stereocenters. The first kappa shape index (κ1) is 17.4. The van der Waals surface area contributed by atoms with Crippen LogP contribution in [0.15, 0.2) is 24.3 Å². The van der Waals surface area contributed by atoms with E-state index in [1.54, 1.807) is 18.2 Å². The number of carbonyl (C=O) groups is 2. The van der Waals surface area contributed by atoms with E-state index in [1.807, 2.05) is 0 Å². The molecule has 0 bridgehead atoms. The van der Waals surface area contributed by atoms with Crippen LogP contribution in [-0.4, -0.2) is 50.0 Å². The lowest BCUT2D eigenvalue weighted by Crippen LogP contribution is -2.40. The number of esters is 1. The van der Waals surface area contributed by atoms with E-state index in [-0.39, 0.29) is 18.8 Å². The molecule has 1 aliphatic heterocycles. The van der Waals surface area contributed by atoms with Gasteiger partial charge >= 0.3 is 11.9 Å². The molecule has 0 aliphatic carbocycles. The largest absolute Gasteiger partial charge is 0.481 e. The number of piperidine rings is 1. The number of hydrogen-bond acceptors (Lipinski definition) is 5. The number of aliphatic carboxylic acids is 1. The van der Waals surface area contributed by atoms with Gasteiger partial charge in [0.2, 0.25) is 10.0 Å². The van der Waals surface area contributed by atoms with Crippen LogP contribution in [0.2, 0.25) is 0 Å². The number of sulfonamides is 1. The minimum atomic E-state index is -3.55. The fourth-order valence-electron chi connectivity index (χ4n) is 2.59. The van der Waals surface area contributed by atoms with E-state index in [0.29, 0.717) is 24.0 Å². The summed E-state index contributed by atoms with van der Waals surface area (Å²) in [5, 5.41) is 8.96. The second-order valence-corrected chi connectivity index (χ2v) is 7.43. The van der Waals surface area contributed by atoms with Crippen molar-refractivity contribution in [2.75, 3.05) is 20.2 Å². The first-order valence-corrected chi connectivity index (χ1v) is 8.82. The molecule has 7 nitrogen and oxygen atoms in total. The van der Waals surface area contributed by atoms with Crippen LogP contribution in [0.25, 0.3) is 0 Å². The standard InChI is InChI=1S/C15H19NO6S/c1-22-15(19)13-4-2-3-11(9-13)10-23(20,21)16-7-5-12(6-8-16)14(17)18/h2-4,9,12H,5-8,10H2,1H3,(H,17,18). The number of carboxylic acids is 1. The van der Waals surface area contributed by atoms with Gasteiger partial charge in [-0.3, -0.25) is 4.79 Å². The maximum Gasteiger partial charge on any atom is 0.337 e. The molecule has 126 valence electrons. The van der Waals surface area contributed by atoms with Crippen LogP contribution in [-0.2, 0) is 25.3 Å². The summed E-state index contributed by atoms with van der Waals surface area (Å²) in [5.74, 6) is -2.11. The monoisotopic (exact) mass is 341 g/mol. The molecule has 8 heteroatoms. The van der Waals surface area contributed by atoms with Crippen LogP contribution >= 0.6 is 0 Å². The zero-order valence-electron chi connectivity index (χ0n) is 12.8. The quantitative estimate of drug-likeness (QED) is 0.805. The molecule has 0 saturated carbocycles. The Morgan fingerprint density at radius 3 is 2.52 bits per heavy atom. The highest BCUT2D eigenvalue weighted by atomic mass is 32.2. The fraction of sp³-hybridized carbons (Fsp3) is 0.467. The van der Waals surface area contributed by atoms with E-state index >= 15 is 0 Å². The van der Waals surface area contributed by atoms with Crippen LogP contribution in [0, 0.1) is 5.92 Å². The van der Waals surface area contributed by atoms with Crippen LogP contribution in [0.4, 0.5) is 0 Å². The Kier molecular flexibility index (Phi) is 5.38. The zero-order valence-corrected chi connectivity index (χ0v) is 13.6. The minimum Gasteiger partial charge on any atom is -0.481 e. The summed E-state index contributed by atoms with van der Waals surface area (Å²) in [4.78, 5) is 22.4. The first-order valence-electron chi connectivity index (χ1n) is 7.21. The number of hydrogen-bond donors (Lipinski definition) is 1. The van der Waals surface area contributed by atoms with E-state index in [1.165, 1.54) is 17.5 Å². The number of rotatable bonds is 5. The van der Waals surface area contributed by atoms with Crippen molar-refractivity contribution in [1.82, 2.24) is 4.31 Å². The van der Waals surface area contributed by atoms with Crippen molar-refractivity contribution in [3.8, 4) is 0 Å². The summed E-state index contributed by atoms with van der Waals surface area (Å²) in [5.41, 5.74) is 0.790. The van der Waals surface area contributed by atoms with Crippen LogP contribution in [0.1, 0.15) is 28.8 Å². The van der Waals surface area contributed by atoms with E-state index in [0.717, 1.165) is 0 Å². The van der Waals surface area contributed by atoms with Crippen molar-refractivity contribution >= 4 is 22.0 Å². The molecular weight excluding hydrogens is 322 g/mol. The maximum absolute atomic E-state index is 12.4. The van der Waals surface area contributed by atoms with Crippen molar-refractivity contribution in [3.05, 3.63) is 35.4 Å². The predicted molar refractivity (Wildman–Crippen MR) is 82.3 cm³/mol. The summed E-state index contributed by atoms with van der Waals surface area (Å²) >= 11 is 0. The molecule has 0 atom stereocenters. The highest BCUT2D eigenvalue weighted by Crippen LogP contribution is 2.22. The number of carbonyl (C=O) groups excluding carboxylic acids is 1. The van der Waals surface area contributed by atoms with Crippen molar-refractivity contribution in [1.29, 1.82) is 0 Å². The molecule has 1 heterocycles. The van der Waals surface area contributed by atoms with Crippen LogP contribution in [0.3, 0.4) is 0 Å². The van der Waals surface area contributed by atoms with Crippen LogP contribution in [0.5, 0.6) is 0 Å². The fourth-order valence-corrected chi connectivity index (χ4v) is 4.14. The van der Waals surface area contributed by atoms with Crippen LogP contribution < -0.4 is 0 Å². The normalized spacial score (nSPS) is 16.9. The molecule has 0 spiro atoms. The van der Waals surface area contributed by atoms with Crippen molar-refractivity contribution < 1.29 is 27.9 Å². The molecule has 1 aromatic rings. The summed E-state index contributed by atoms with van der Waals surface area (Å²) in [6.07, 6.45) is 0.632. The van der Waals surface area contributed by atoms with Gasteiger partial charge in [0.25, 0.3) is 0 Å². The number of carboxylic acid groups (broad SMARTS) is 1. The average Bonchev–Trinajstić information content (AvgIpc) is 2.54. The predicted octanol–water partition coefficient (Wildman–Crippen LogP) is 1.10. The van der Waals surface area contributed by atoms with E-state index in [4.69, 9.17) is 5.11 Å². The molecule has 23 heavy (non-hydrogen) atoms. The van der Waals surface area contributed by atoms with Gasteiger partial charge in [0, 0.05) is 13.1 Å². The summed E-state index contributed by atoms with van der Waals surface area (Å²) in [6, 6.07) is 6.29. The average molecular weight is 341 g/mol. The molecule has 1 aromatic carbocycles. The summed E-state index contributed by atoms with van der Waals surface area (Å²) < 4.78 is 30.8. The van der Waals surface area contributed by atoms with Gasteiger partial charge in [-0.1, -0.05) is 12.1 Å². The molecule has 1 fully saturated rings. The van der Waals surface area contributed by atoms with Gasteiger partial charge in [-0.25, -0.2) is 17.5 Å². The highest BCUT2D eigenvalue weighted by molar-refractivity contribution is 7.88. The van der Waals surface area contributed by atoms with Gasteiger partial charge in [-0.15, -0.1) is 0 Å². The SMILES string of the molecule is COC(=O)c1cccc(CS(=O)(=O)N2CCC(C(=O)O)CC2)c1. The third kappa shape index (κ3) is 4.29. The van der Waals surface area contributed by atoms with E-state index in [9.17, 15) is 18.0 Å². The number of benzene rings is 1. The lowest BCUT2D eigenvalue weighted by molar-refractivity contribution is -0.142. The molecule has 1 N–H and O–H groups in total. The first-order chi connectivity index (χ1) is 10.8. The second-order valence-electron chi connectivity index (χ2n) is 5.46. The van der Waals surface area contributed by atoms with Gasteiger partial charge in [0.15, 0.2) is 0 Å². The van der Waals surface area contributed by atoms with E-state index in [2.05, 4.69) is 4.74 Å². The van der Waals surface area contributed by atoms with Crippen molar-refractivity contribution in [2.24, 2.45) is 5.92 Å². The minimum absolute atomic E-state index is 0.204. The Hall–Kier alpha value is -1.93. The highest BCUT2D eigenvalue weighted by Gasteiger charge is 2.31. The van der Waals surface area contributed by atoms with Gasteiger partial charge in [0.05, 0.1) is 24.3 Å². The number of ether oxygens (including phenoxy) is 1. The lowest BCUT2D eigenvalue weighted by atomic mass is 9.99. The van der Waals surface area contributed by atoms with Gasteiger partial charge in [-0.2, -0.15) is 0 Å². The van der Waals surface area contributed by atoms with Crippen molar-refractivity contribution in [2.45, 2.75) is 18.6 Å². The molecule has 0 aromatic heterocycles.